The van der Waals surface area contributed by atoms with Crippen molar-refractivity contribution in [2.75, 3.05) is 0 Å². The van der Waals surface area contributed by atoms with E-state index in [4.69, 9.17) is 5.10 Å². The summed E-state index contributed by atoms with van der Waals surface area (Å²) in [5.41, 5.74) is 6.05. The number of hydrogen-bond donors (Lipinski definition) is 2. The molecule has 0 atom stereocenters. The second kappa shape index (κ2) is 7.50. The third-order valence-corrected chi connectivity index (χ3v) is 6.97. The zero-order valence-electron chi connectivity index (χ0n) is 17.0. The highest BCUT2D eigenvalue weighted by Gasteiger charge is 2.40. The predicted molar refractivity (Wildman–Crippen MR) is 123 cm³/mol. The van der Waals surface area contributed by atoms with Gasteiger partial charge in [-0.3, -0.25) is 0 Å². The van der Waals surface area contributed by atoms with Gasteiger partial charge in [0.25, 0.3) is 0 Å². The molecule has 6 nitrogen and oxygen atoms in total. The number of halogens is 1. The first-order valence-corrected chi connectivity index (χ1v) is 11.0. The fourth-order valence-electron chi connectivity index (χ4n) is 4.28. The Balaban J connectivity index is 1.64. The van der Waals surface area contributed by atoms with Gasteiger partial charge in [0.15, 0.2) is 5.65 Å². The Kier molecular flexibility index (Phi) is 4.78. The molecule has 7 heteroatoms. The summed E-state index contributed by atoms with van der Waals surface area (Å²) in [4.78, 5) is 15.9. The molecule has 1 aliphatic rings. The van der Waals surface area contributed by atoms with Crippen LogP contribution in [0.25, 0.3) is 28.0 Å². The number of carbonyl (C=O) groups is 1. The monoisotopic (exact) mass is 476 g/mol. The van der Waals surface area contributed by atoms with Crippen molar-refractivity contribution in [3.8, 4) is 22.4 Å². The first-order valence-electron chi connectivity index (χ1n) is 10.2. The fraction of sp³-hybridized carbons (Fsp3) is 0.208. The largest absolute Gasteiger partial charge is 0.465 e. The summed E-state index contributed by atoms with van der Waals surface area (Å²) in [5, 5.41) is 16.9. The number of nitrogens with one attached hydrogen (secondary N) is 1. The molecule has 2 N–H and O–H groups in total. The van der Waals surface area contributed by atoms with Crippen molar-refractivity contribution in [1.82, 2.24) is 19.9 Å². The van der Waals surface area contributed by atoms with Gasteiger partial charge in [-0.15, -0.1) is 0 Å². The molecule has 1 saturated carbocycles. The molecular formula is C24H21BrN4O2. The minimum absolute atomic E-state index is 0.478. The lowest BCUT2D eigenvalue weighted by Gasteiger charge is -2.42. The van der Waals surface area contributed by atoms with E-state index in [1.165, 1.54) is 0 Å². The Morgan fingerprint density at radius 1 is 1.10 bits per heavy atom. The first-order chi connectivity index (χ1) is 15.0. The van der Waals surface area contributed by atoms with Gasteiger partial charge < -0.3 is 10.4 Å². The van der Waals surface area contributed by atoms with Crippen molar-refractivity contribution < 1.29 is 9.90 Å². The molecule has 31 heavy (non-hydrogen) atoms. The van der Waals surface area contributed by atoms with E-state index in [1.54, 1.807) is 0 Å². The molecule has 156 valence electrons. The van der Waals surface area contributed by atoms with Crippen molar-refractivity contribution in [1.29, 1.82) is 0 Å². The highest BCUT2D eigenvalue weighted by atomic mass is 79.9. The van der Waals surface area contributed by atoms with Crippen molar-refractivity contribution in [3.63, 3.8) is 0 Å². The zero-order chi connectivity index (χ0) is 21.6. The van der Waals surface area contributed by atoms with Gasteiger partial charge in [-0.05, 0) is 59.3 Å². The summed E-state index contributed by atoms with van der Waals surface area (Å²) in [5.74, 6) is 0. The summed E-state index contributed by atoms with van der Waals surface area (Å²) in [6.07, 6.45) is 1.67. The van der Waals surface area contributed by atoms with E-state index in [9.17, 15) is 9.90 Å². The van der Waals surface area contributed by atoms with E-state index in [2.05, 4.69) is 44.4 Å². The molecule has 1 aliphatic carbocycles. The Labute approximate surface area is 188 Å². The van der Waals surface area contributed by atoms with Crippen LogP contribution in [0.4, 0.5) is 4.79 Å². The number of aromatic nitrogens is 3. The van der Waals surface area contributed by atoms with Gasteiger partial charge in [0, 0.05) is 11.1 Å². The average Bonchev–Trinajstić information content (AvgIpc) is 3.03. The minimum Gasteiger partial charge on any atom is -0.465 e. The molecule has 1 amide bonds. The van der Waals surface area contributed by atoms with E-state index < -0.39 is 11.6 Å². The molecule has 2 aromatic heterocycles. The highest BCUT2D eigenvalue weighted by Crippen LogP contribution is 2.42. The first kappa shape index (κ1) is 19.8. The maximum absolute atomic E-state index is 11.3. The number of carboxylic acid groups (broad SMARTS) is 1. The quantitative estimate of drug-likeness (QED) is 0.391. The smallest absolute Gasteiger partial charge is 0.405 e. The fourth-order valence-corrected chi connectivity index (χ4v) is 4.63. The van der Waals surface area contributed by atoms with Crippen molar-refractivity contribution >= 4 is 27.7 Å². The summed E-state index contributed by atoms with van der Waals surface area (Å²) in [7, 11) is 0. The van der Waals surface area contributed by atoms with Crippen molar-refractivity contribution in [2.24, 2.45) is 0 Å². The third kappa shape index (κ3) is 3.39. The molecule has 4 aromatic rings. The van der Waals surface area contributed by atoms with Crippen molar-refractivity contribution in [2.45, 2.75) is 31.7 Å². The summed E-state index contributed by atoms with van der Waals surface area (Å²) < 4.78 is 2.64. The number of hydrogen-bond acceptors (Lipinski definition) is 3. The van der Waals surface area contributed by atoms with Crippen LogP contribution in [0.2, 0.25) is 0 Å². The highest BCUT2D eigenvalue weighted by molar-refractivity contribution is 9.10. The van der Waals surface area contributed by atoms with Crippen molar-refractivity contribution in [3.05, 3.63) is 76.5 Å². The SMILES string of the molecule is Cc1nc2cc(-c3ccccc3)c(-c3ccc(C4(NC(=O)O)CCC4)cc3)nn2c1Br. The maximum atomic E-state index is 11.3. The maximum Gasteiger partial charge on any atom is 0.405 e. The minimum atomic E-state index is -0.984. The van der Waals surface area contributed by atoms with Crippen LogP contribution >= 0.6 is 15.9 Å². The topological polar surface area (TPSA) is 79.5 Å². The van der Waals surface area contributed by atoms with E-state index in [-0.39, 0.29) is 0 Å². The normalized spacial score (nSPS) is 14.9. The molecule has 0 aliphatic heterocycles. The molecule has 0 saturated heterocycles. The van der Waals surface area contributed by atoms with E-state index in [0.29, 0.717) is 0 Å². The summed E-state index contributed by atoms with van der Waals surface area (Å²) in [6.45, 7) is 1.95. The lowest BCUT2D eigenvalue weighted by molar-refractivity contribution is 0.144. The van der Waals surface area contributed by atoms with Gasteiger partial charge >= 0.3 is 6.09 Å². The number of rotatable bonds is 4. The molecule has 2 heterocycles. The number of imidazole rings is 1. The number of nitrogens with zero attached hydrogens (tertiary/aromatic N) is 3. The van der Waals surface area contributed by atoms with Crippen LogP contribution in [0.3, 0.4) is 0 Å². The third-order valence-electron chi connectivity index (χ3n) is 6.06. The van der Waals surface area contributed by atoms with Gasteiger partial charge in [-0.1, -0.05) is 54.6 Å². The lowest BCUT2D eigenvalue weighted by atomic mass is 9.71. The Morgan fingerprint density at radius 3 is 2.42 bits per heavy atom. The molecule has 1 fully saturated rings. The number of benzene rings is 2. The zero-order valence-corrected chi connectivity index (χ0v) is 18.6. The molecular weight excluding hydrogens is 456 g/mol. The van der Waals surface area contributed by atoms with Gasteiger partial charge in [0.2, 0.25) is 0 Å². The number of fused-ring (bicyclic) bond motifs is 1. The molecule has 5 rings (SSSR count). The second-order valence-corrected chi connectivity index (χ2v) is 8.72. The summed E-state index contributed by atoms with van der Waals surface area (Å²) >= 11 is 3.59. The standard InChI is InChI=1S/C24H21BrN4O2/c1-15-22(25)29-20(26-15)14-19(16-6-3-2-4-7-16)21(28-29)17-8-10-18(11-9-17)24(12-5-13-24)27-23(30)31/h2-4,6-11,14,27H,5,12-13H2,1H3,(H,30,31). The Morgan fingerprint density at radius 2 is 1.81 bits per heavy atom. The summed E-state index contributed by atoms with van der Waals surface area (Å²) in [6, 6.07) is 20.3. The van der Waals surface area contributed by atoms with Crippen LogP contribution in [-0.4, -0.2) is 25.8 Å². The molecule has 0 bridgehead atoms. The number of amides is 1. The molecule has 0 unspecified atom stereocenters. The Bertz CT molecular complexity index is 1280. The Hall–Kier alpha value is -3.19. The van der Waals surface area contributed by atoms with Crippen LogP contribution in [0.1, 0.15) is 30.5 Å². The average molecular weight is 477 g/mol. The molecule has 2 aromatic carbocycles. The van der Waals surface area contributed by atoms with Crippen LogP contribution in [0, 0.1) is 6.92 Å². The van der Waals surface area contributed by atoms with Crippen LogP contribution in [0.15, 0.2) is 65.3 Å². The van der Waals surface area contributed by atoms with E-state index in [0.717, 1.165) is 63.2 Å². The number of aryl methyl sites for hydroxylation is 1. The van der Waals surface area contributed by atoms with Gasteiger partial charge in [0.1, 0.15) is 4.60 Å². The van der Waals surface area contributed by atoms with Crippen LogP contribution in [0.5, 0.6) is 0 Å². The van der Waals surface area contributed by atoms with Crippen LogP contribution < -0.4 is 5.32 Å². The molecule has 0 radical (unpaired) electrons. The van der Waals surface area contributed by atoms with E-state index in [1.807, 2.05) is 53.9 Å². The van der Waals surface area contributed by atoms with Gasteiger partial charge in [-0.25, -0.2) is 14.3 Å². The second-order valence-electron chi connectivity index (χ2n) is 7.97. The molecule has 0 spiro atoms. The van der Waals surface area contributed by atoms with Crippen LogP contribution in [-0.2, 0) is 5.54 Å². The predicted octanol–water partition coefficient (Wildman–Crippen LogP) is 5.78. The van der Waals surface area contributed by atoms with Gasteiger partial charge in [-0.2, -0.15) is 5.10 Å². The lowest BCUT2D eigenvalue weighted by Crippen LogP contribution is -2.50. The van der Waals surface area contributed by atoms with E-state index >= 15 is 0 Å². The van der Waals surface area contributed by atoms with Gasteiger partial charge in [0.05, 0.1) is 16.9 Å².